The number of rotatable bonds is 10. The Bertz CT molecular complexity index is 1760. The molecule has 0 unspecified atom stereocenters. The molecule has 0 atom stereocenters. The summed E-state index contributed by atoms with van der Waals surface area (Å²) in [6.07, 6.45) is 2.70. The molecule has 2 amide bonds. The molecule has 4 aromatic rings. The molecule has 11 nitrogen and oxygen atoms in total. The van der Waals surface area contributed by atoms with Crippen molar-refractivity contribution < 1.29 is 19.1 Å². The molecule has 2 aliphatic heterocycles. The van der Waals surface area contributed by atoms with Crippen molar-refractivity contribution in [2.45, 2.75) is 39.2 Å². The number of methoxy groups -OCH3 is 2. The molecule has 6 rings (SSSR count). The smallest absolute Gasteiger partial charge is 0.253 e. The topological polar surface area (TPSA) is 121 Å². The lowest BCUT2D eigenvalue weighted by Crippen LogP contribution is -2.29. The monoisotopic (exact) mass is 621 g/mol. The van der Waals surface area contributed by atoms with E-state index in [2.05, 4.69) is 33.0 Å². The molecular weight excluding hydrogens is 582 g/mol. The van der Waals surface area contributed by atoms with Crippen molar-refractivity contribution in [3.63, 3.8) is 0 Å². The van der Waals surface area contributed by atoms with Crippen LogP contribution < -0.4 is 35.2 Å². The molecule has 3 N–H and O–H groups in total. The number of aromatic nitrogens is 2. The Morgan fingerprint density at radius 2 is 1.70 bits per heavy atom. The van der Waals surface area contributed by atoms with E-state index in [-0.39, 0.29) is 11.8 Å². The lowest BCUT2D eigenvalue weighted by Gasteiger charge is -2.24. The van der Waals surface area contributed by atoms with Gasteiger partial charge in [0, 0.05) is 44.2 Å². The number of ether oxygens (including phenoxy) is 2. The van der Waals surface area contributed by atoms with E-state index in [4.69, 9.17) is 19.4 Å². The zero-order chi connectivity index (χ0) is 32.2. The maximum Gasteiger partial charge on any atom is 0.253 e. The Morgan fingerprint density at radius 3 is 2.43 bits per heavy atom. The van der Waals surface area contributed by atoms with Crippen molar-refractivity contribution in [1.29, 1.82) is 0 Å². The molecule has 11 heteroatoms. The van der Waals surface area contributed by atoms with Gasteiger partial charge in [0.15, 0.2) is 0 Å². The van der Waals surface area contributed by atoms with Crippen LogP contribution in [0.4, 0.5) is 34.6 Å². The molecule has 0 fully saturated rings. The maximum absolute atomic E-state index is 12.8. The number of para-hydroxylation sites is 1. The molecule has 238 valence electrons. The summed E-state index contributed by atoms with van der Waals surface area (Å²) in [5.41, 5.74) is 5.83. The van der Waals surface area contributed by atoms with Crippen LogP contribution in [0.15, 0.2) is 60.7 Å². The van der Waals surface area contributed by atoms with Crippen LogP contribution in [-0.2, 0) is 24.2 Å². The van der Waals surface area contributed by atoms with Crippen molar-refractivity contribution in [1.82, 2.24) is 15.3 Å². The summed E-state index contributed by atoms with van der Waals surface area (Å²) in [5.74, 6) is 3.22. The SMILES string of the molecule is CCN1C(=O)CCCc2c1ccc(Nc1nc(Nc3ccccc3C(=O)NC)c3c(n1)N(Cc1ccc(OC)cc1)CC3)c2OC. The molecule has 0 saturated carbocycles. The van der Waals surface area contributed by atoms with Gasteiger partial charge in [0.1, 0.15) is 23.1 Å². The van der Waals surface area contributed by atoms with Gasteiger partial charge in [-0.25, -0.2) is 0 Å². The van der Waals surface area contributed by atoms with Crippen molar-refractivity contribution in [2.75, 3.05) is 54.8 Å². The van der Waals surface area contributed by atoms with E-state index in [0.29, 0.717) is 54.0 Å². The second-order valence-corrected chi connectivity index (χ2v) is 11.2. The Hall–Kier alpha value is -5.32. The van der Waals surface area contributed by atoms with Gasteiger partial charge < -0.3 is 35.2 Å². The zero-order valence-corrected chi connectivity index (χ0v) is 26.6. The second-order valence-electron chi connectivity index (χ2n) is 11.2. The van der Waals surface area contributed by atoms with Crippen LogP contribution >= 0.6 is 0 Å². The van der Waals surface area contributed by atoms with E-state index in [9.17, 15) is 9.59 Å². The van der Waals surface area contributed by atoms with E-state index in [0.717, 1.165) is 59.8 Å². The highest BCUT2D eigenvalue weighted by atomic mass is 16.5. The maximum atomic E-state index is 12.8. The largest absolute Gasteiger partial charge is 0.497 e. The predicted octanol–water partition coefficient (Wildman–Crippen LogP) is 5.59. The molecule has 3 aromatic carbocycles. The molecule has 0 saturated heterocycles. The van der Waals surface area contributed by atoms with Gasteiger partial charge in [0.05, 0.1) is 36.8 Å². The van der Waals surface area contributed by atoms with Crippen LogP contribution in [0.25, 0.3) is 0 Å². The number of carbonyl (C=O) groups excluding carboxylic acids is 2. The van der Waals surface area contributed by atoms with E-state index in [1.807, 2.05) is 54.3 Å². The molecule has 1 aromatic heterocycles. The second kappa shape index (κ2) is 13.4. The number of hydrogen-bond acceptors (Lipinski definition) is 9. The Kier molecular flexibility index (Phi) is 8.91. The fraction of sp³-hybridized carbons (Fsp3) is 0.314. The highest BCUT2D eigenvalue weighted by Gasteiger charge is 2.29. The van der Waals surface area contributed by atoms with Crippen molar-refractivity contribution in [3.8, 4) is 11.5 Å². The minimum Gasteiger partial charge on any atom is -0.497 e. The minimum atomic E-state index is -0.192. The number of benzene rings is 3. The molecular formula is C35H39N7O4. The standard InChI is InChI=1S/C35H39N7O4/c1-5-42-29-18-17-28(31(46-4)25(29)10-8-12-30(42)43)38-35-39-32(37-27-11-7-6-9-24(27)34(44)36-2)26-19-20-41(33(26)40-35)21-22-13-15-23(45-3)16-14-22/h6-7,9,11,13-18H,5,8,10,12,19-21H2,1-4H3,(H,36,44)(H2,37,38,39,40). The Balaban J connectivity index is 1.41. The zero-order valence-electron chi connectivity index (χ0n) is 26.6. The van der Waals surface area contributed by atoms with Crippen LogP contribution in [0.3, 0.4) is 0 Å². The molecule has 2 aliphatic rings. The number of hydrogen-bond donors (Lipinski definition) is 3. The fourth-order valence-electron chi connectivity index (χ4n) is 6.23. The molecule has 0 aliphatic carbocycles. The summed E-state index contributed by atoms with van der Waals surface area (Å²) in [7, 11) is 4.92. The van der Waals surface area contributed by atoms with E-state index >= 15 is 0 Å². The van der Waals surface area contributed by atoms with E-state index < -0.39 is 0 Å². The molecule has 0 radical (unpaired) electrons. The van der Waals surface area contributed by atoms with Gasteiger partial charge in [-0.1, -0.05) is 24.3 Å². The quantitative estimate of drug-likeness (QED) is 0.208. The number of carbonyl (C=O) groups is 2. The Labute approximate surface area is 268 Å². The number of anilines is 6. The normalized spacial score (nSPS) is 13.9. The van der Waals surface area contributed by atoms with Crippen molar-refractivity contribution in [2.24, 2.45) is 0 Å². The minimum absolute atomic E-state index is 0.121. The highest BCUT2D eigenvalue weighted by molar-refractivity contribution is 6.00. The first-order valence-corrected chi connectivity index (χ1v) is 15.6. The van der Waals surface area contributed by atoms with Crippen molar-refractivity contribution >= 4 is 46.5 Å². The van der Waals surface area contributed by atoms with Crippen LogP contribution in [0.2, 0.25) is 0 Å². The van der Waals surface area contributed by atoms with Crippen LogP contribution in [-0.4, -0.2) is 56.1 Å². The van der Waals surface area contributed by atoms with Gasteiger partial charge in [0.2, 0.25) is 11.9 Å². The van der Waals surface area contributed by atoms with E-state index in [1.54, 1.807) is 27.3 Å². The lowest BCUT2D eigenvalue weighted by molar-refractivity contribution is -0.118. The van der Waals surface area contributed by atoms with Gasteiger partial charge in [-0.05, 0) is 68.1 Å². The van der Waals surface area contributed by atoms with Gasteiger partial charge in [-0.3, -0.25) is 9.59 Å². The van der Waals surface area contributed by atoms with Gasteiger partial charge >= 0.3 is 0 Å². The van der Waals surface area contributed by atoms with E-state index in [1.165, 1.54) is 0 Å². The molecule has 0 spiro atoms. The van der Waals surface area contributed by atoms with Gasteiger partial charge in [0.25, 0.3) is 5.91 Å². The third kappa shape index (κ3) is 6.00. The average molecular weight is 622 g/mol. The first-order valence-electron chi connectivity index (χ1n) is 15.6. The lowest BCUT2D eigenvalue weighted by atomic mass is 10.0. The predicted molar refractivity (Wildman–Crippen MR) is 180 cm³/mol. The summed E-state index contributed by atoms with van der Waals surface area (Å²) in [6.45, 7) is 3.99. The molecule has 46 heavy (non-hydrogen) atoms. The highest BCUT2D eigenvalue weighted by Crippen LogP contribution is 2.41. The molecule has 3 heterocycles. The van der Waals surface area contributed by atoms with Crippen LogP contribution in [0, 0.1) is 0 Å². The number of fused-ring (bicyclic) bond motifs is 2. The van der Waals surface area contributed by atoms with Gasteiger partial charge in [-0.2, -0.15) is 9.97 Å². The first-order chi connectivity index (χ1) is 22.4. The summed E-state index contributed by atoms with van der Waals surface area (Å²) in [5, 5.41) is 9.60. The number of nitrogens with zero attached hydrogens (tertiary/aromatic N) is 4. The number of nitrogens with one attached hydrogen (secondary N) is 3. The summed E-state index contributed by atoms with van der Waals surface area (Å²) < 4.78 is 11.3. The third-order valence-corrected chi connectivity index (χ3v) is 8.51. The summed E-state index contributed by atoms with van der Waals surface area (Å²) in [6, 6.07) is 19.3. The fourth-order valence-corrected chi connectivity index (χ4v) is 6.23. The average Bonchev–Trinajstić information content (AvgIpc) is 3.40. The van der Waals surface area contributed by atoms with Gasteiger partial charge in [-0.15, -0.1) is 0 Å². The van der Waals surface area contributed by atoms with Crippen molar-refractivity contribution in [3.05, 3.63) is 82.9 Å². The third-order valence-electron chi connectivity index (χ3n) is 8.51. The summed E-state index contributed by atoms with van der Waals surface area (Å²) in [4.78, 5) is 39.5. The van der Waals surface area contributed by atoms with Crippen LogP contribution in [0.5, 0.6) is 11.5 Å². The summed E-state index contributed by atoms with van der Waals surface area (Å²) >= 11 is 0. The molecule has 0 bridgehead atoms. The first kappa shape index (κ1) is 30.7. The van der Waals surface area contributed by atoms with Crippen LogP contribution in [0.1, 0.15) is 46.8 Å². The number of amides is 2. The Morgan fingerprint density at radius 1 is 0.891 bits per heavy atom.